The number of hydrogen-bond donors (Lipinski definition) is 0. The molecule has 1 aliphatic rings. The van der Waals surface area contributed by atoms with Gasteiger partial charge in [-0.2, -0.15) is 0 Å². The molecule has 0 amide bonds. The Kier molecular flexibility index (Phi) is 4.37. The molecule has 29 heavy (non-hydrogen) atoms. The number of fused-ring (bicyclic) bond motifs is 2. The summed E-state index contributed by atoms with van der Waals surface area (Å²) in [6.07, 6.45) is 0. The molecule has 0 atom stereocenters. The number of benzene rings is 4. The van der Waals surface area contributed by atoms with Crippen molar-refractivity contribution in [3.8, 4) is 28.0 Å². The van der Waals surface area contributed by atoms with Crippen LogP contribution in [-0.4, -0.2) is 7.11 Å². The maximum atomic E-state index is 5.92. The van der Waals surface area contributed by atoms with Gasteiger partial charge in [0.15, 0.2) is 0 Å². The van der Waals surface area contributed by atoms with Crippen molar-refractivity contribution in [3.63, 3.8) is 0 Å². The van der Waals surface area contributed by atoms with Gasteiger partial charge in [-0.1, -0.05) is 60.7 Å². The van der Waals surface area contributed by atoms with Crippen LogP contribution < -0.4 is 4.74 Å². The van der Waals surface area contributed by atoms with E-state index < -0.39 is 0 Å². The van der Waals surface area contributed by atoms with Gasteiger partial charge in [-0.25, -0.2) is 0 Å². The third kappa shape index (κ3) is 2.75. The van der Waals surface area contributed by atoms with Gasteiger partial charge in [0.05, 0.1) is 20.3 Å². The highest BCUT2D eigenvalue weighted by atomic mass is 16.5. The molecular formula is C27H24O2. The smallest absolute Gasteiger partial charge is 0.127 e. The van der Waals surface area contributed by atoms with Crippen LogP contribution >= 0.6 is 0 Å². The van der Waals surface area contributed by atoms with Gasteiger partial charge in [0, 0.05) is 5.56 Å². The molecule has 4 aromatic carbocycles. The molecule has 0 saturated heterocycles. The molecule has 1 aliphatic heterocycles. The van der Waals surface area contributed by atoms with E-state index in [4.69, 9.17) is 9.47 Å². The average molecular weight is 380 g/mol. The third-order valence-electron chi connectivity index (χ3n) is 6.22. The first-order valence-corrected chi connectivity index (χ1v) is 10.0. The second kappa shape index (κ2) is 7.06. The highest BCUT2D eigenvalue weighted by Crippen LogP contribution is 2.48. The van der Waals surface area contributed by atoms with Crippen molar-refractivity contribution in [2.75, 3.05) is 7.11 Å². The first-order chi connectivity index (χ1) is 14.2. The Morgan fingerprint density at radius 2 is 1.41 bits per heavy atom. The van der Waals surface area contributed by atoms with E-state index in [1.807, 2.05) is 0 Å². The van der Waals surface area contributed by atoms with Gasteiger partial charge in [0.2, 0.25) is 0 Å². The first kappa shape index (κ1) is 18.0. The average Bonchev–Trinajstić information content (AvgIpc) is 3.26. The summed E-state index contributed by atoms with van der Waals surface area (Å²) in [6.45, 7) is 5.80. The molecule has 2 nitrogen and oxygen atoms in total. The minimum atomic E-state index is 0.654. The Morgan fingerprint density at radius 3 is 2.21 bits per heavy atom. The minimum absolute atomic E-state index is 0.654. The highest BCUT2D eigenvalue weighted by molar-refractivity contribution is 6.05. The maximum Gasteiger partial charge on any atom is 0.127 e. The Morgan fingerprint density at radius 1 is 0.690 bits per heavy atom. The van der Waals surface area contributed by atoms with Crippen LogP contribution in [0.25, 0.3) is 33.0 Å². The van der Waals surface area contributed by atoms with E-state index in [0.717, 1.165) is 5.75 Å². The molecule has 5 rings (SSSR count). The van der Waals surface area contributed by atoms with Gasteiger partial charge in [-0.3, -0.25) is 0 Å². The van der Waals surface area contributed by atoms with Crippen LogP contribution in [0.1, 0.15) is 22.3 Å². The lowest BCUT2D eigenvalue weighted by atomic mass is 9.81. The lowest BCUT2D eigenvalue weighted by molar-refractivity contribution is 0.134. The largest absolute Gasteiger partial charge is 0.496 e. The fraction of sp³-hybridized carbons (Fsp3) is 0.185. The number of hydrogen-bond acceptors (Lipinski definition) is 2. The molecule has 0 bridgehead atoms. The van der Waals surface area contributed by atoms with Crippen molar-refractivity contribution in [2.45, 2.75) is 27.1 Å². The first-order valence-electron chi connectivity index (χ1n) is 10.0. The van der Waals surface area contributed by atoms with Crippen LogP contribution in [0.2, 0.25) is 0 Å². The fourth-order valence-electron chi connectivity index (χ4n) is 4.65. The predicted molar refractivity (Wildman–Crippen MR) is 119 cm³/mol. The molecule has 0 radical (unpaired) electrons. The summed E-state index contributed by atoms with van der Waals surface area (Å²) < 4.78 is 11.8. The standard InChI is InChI=1S/C27H24O2/c1-17-18(2)25(27-21-12-8-7-9-19(21)13-14-24(27)28-3)26(20-10-5-4-6-11-20)23-16-29-15-22(17)23/h4-14H,15-16H2,1-3H3. The molecule has 0 N–H and O–H groups in total. The molecule has 0 saturated carbocycles. The Bertz CT molecular complexity index is 1220. The molecule has 0 fully saturated rings. The Balaban J connectivity index is 1.98. The molecule has 0 spiro atoms. The summed E-state index contributed by atoms with van der Waals surface area (Å²) in [5.74, 6) is 0.905. The van der Waals surface area contributed by atoms with Crippen LogP contribution in [-0.2, 0) is 18.0 Å². The zero-order valence-electron chi connectivity index (χ0n) is 17.1. The lowest BCUT2D eigenvalue weighted by Gasteiger charge is -2.23. The van der Waals surface area contributed by atoms with Crippen molar-refractivity contribution in [3.05, 3.63) is 89.0 Å². The van der Waals surface area contributed by atoms with E-state index in [0.29, 0.717) is 13.2 Å². The molecule has 144 valence electrons. The van der Waals surface area contributed by atoms with Crippen molar-refractivity contribution in [2.24, 2.45) is 0 Å². The summed E-state index contributed by atoms with van der Waals surface area (Å²) in [7, 11) is 1.76. The Hall–Kier alpha value is -3.10. The van der Waals surface area contributed by atoms with Gasteiger partial charge in [0.1, 0.15) is 5.75 Å². The van der Waals surface area contributed by atoms with Gasteiger partial charge in [0.25, 0.3) is 0 Å². The molecule has 1 heterocycles. The van der Waals surface area contributed by atoms with E-state index >= 15 is 0 Å². The summed E-state index contributed by atoms with van der Waals surface area (Å²) >= 11 is 0. The topological polar surface area (TPSA) is 18.5 Å². The molecular weight excluding hydrogens is 356 g/mol. The predicted octanol–water partition coefficient (Wildman–Crippen LogP) is 6.83. The van der Waals surface area contributed by atoms with Crippen molar-refractivity contribution >= 4 is 10.8 Å². The van der Waals surface area contributed by atoms with E-state index in [2.05, 4.69) is 80.6 Å². The number of rotatable bonds is 3. The van der Waals surface area contributed by atoms with Crippen molar-refractivity contribution in [1.82, 2.24) is 0 Å². The van der Waals surface area contributed by atoms with Crippen LogP contribution in [0.3, 0.4) is 0 Å². The molecule has 4 aromatic rings. The van der Waals surface area contributed by atoms with Crippen molar-refractivity contribution < 1.29 is 9.47 Å². The SMILES string of the molecule is COc1ccc2ccccc2c1-c1c(C)c(C)c2c(c1-c1ccccc1)COC2. The van der Waals surface area contributed by atoms with Crippen LogP contribution in [0, 0.1) is 13.8 Å². The second-order valence-electron chi connectivity index (χ2n) is 7.68. The summed E-state index contributed by atoms with van der Waals surface area (Å²) in [6, 6.07) is 23.5. The quantitative estimate of drug-likeness (QED) is 0.388. The van der Waals surface area contributed by atoms with Gasteiger partial charge >= 0.3 is 0 Å². The van der Waals surface area contributed by atoms with Gasteiger partial charge < -0.3 is 9.47 Å². The van der Waals surface area contributed by atoms with E-state index in [1.54, 1.807) is 7.11 Å². The molecule has 0 aliphatic carbocycles. The van der Waals surface area contributed by atoms with Crippen LogP contribution in [0.15, 0.2) is 66.7 Å². The molecule has 2 heteroatoms. The van der Waals surface area contributed by atoms with Crippen molar-refractivity contribution in [1.29, 1.82) is 0 Å². The second-order valence-corrected chi connectivity index (χ2v) is 7.68. The number of ether oxygens (including phenoxy) is 2. The monoisotopic (exact) mass is 380 g/mol. The van der Waals surface area contributed by atoms with E-state index in [1.165, 1.54) is 55.3 Å². The zero-order chi connectivity index (χ0) is 20.0. The minimum Gasteiger partial charge on any atom is -0.496 e. The lowest BCUT2D eigenvalue weighted by Crippen LogP contribution is -2.02. The van der Waals surface area contributed by atoms with E-state index in [9.17, 15) is 0 Å². The van der Waals surface area contributed by atoms with Crippen LogP contribution in [0.5, 0.6) is 5.75 Å². The summed E-state index contributed by atoms with van der Waals surface area (Å²) in [5, 5.41) is 2.43. The maximum absolute atomic E-state index is 5.92. The van der Waals surface area contributed by atoms with Gasteiger partial charge in [-0.15, -0.1) is 0 Å². The summed E-state index contributed by atoms with van der Waals surface area (Å²) in [4.78, 5) is 0. The van der Waals surface area contributed by atoms with Gasteiger partial charge in [-0.05, 0) is 69.6 Å². The van der Waals surface area contributed by atoms with E-state index in [-0.39, 0.29) is 0 Å². The Labute approximate surface area is 171 Å². The fourth-order valence-corrected chi connectivity index (χ4v) is 4.65. The highest BCUT2D eigenvalue weighted by Gasteiger charge is 2.27. The normalized spacial score (nSPS) is 12.9. The molecule has 0 aromatic heterocycles. The number of methoxy groups -OCH3 is 1. The third-order valence-corrected chi connectivity index (χ3v) is 6.22. The zero-order valence-corrected chi connectivity index (χ0v) is 17.1. The molecule has 0 unspecified atom stereocenters. The summed E-state index contributed by atoms with van der Waals surface area (Å²) in [5.41, 5.74) is 10.2. The van der Waals surface area contributed by atoms with Crippen LogP contribution in [0.4, 0.5) is 0 Å².